The third kappa shape index (κ3) is 3.36. The highest BCUT2D eigenvalue weighted by Gasteiger charge is 2.17. The Balaban J connectivity index is 2.05. The van der Waals surface area contributed by atoms with Crippen LogP contribution < -0.4 is 16.6 Å². The number of nitrogens with one attached hydrogen (secondary N) is 2. The van der Waals surface area contributed by atoms with Crippen molar-refractivity contribution >= 4 is 23.5 Å². The Morgan fingerprint density at radius 1 is 1.56 bits per heavy atom. The first-order valence-electron chi connectivity index (χ1n) is 6.03. The summed E-state index contributed by atoms with van der Waals surface area (Å²) >= 11 is 1.89. The Morgan fingerprint density at radius 2 is 2.39 bits per heavy atom. The highest BCUT2D eigenvalue weighted by Crippen LogP contribution is 2.17. The van der Waals surface area contributed by atoms with Crippen molar-refractivity contribution in [3.8, 4) is 0 Å². The molecule has 0 bridgehead atoms. The second-order valence-corrected chi connectivity index (χ2v) is 5.56. The lowest BCUT2D eigenvalue weighted by Gasteiger charge is -2.22. The van der Waals surface area contributed by atoms with Crippen LogP contribution in [0.3, 0.4) is 0 Å². The van der Waals surface area contributed by atoms with Crippen molar-refractivity contribution < 1.29 is 4.79 Å². The van der Waals surface area contributed by atoms with Crippen LogP contribution in [0.4, 0.5) is 5.82 Å². The fraction of sp³-hybridized carbons (Fsp3) is 0.500. The molecule has 0 spiro atoms. The third-order valence-electron chi connectivity index (χ3n) is 2.86. The van der Waals surface area contributed by atoms with Gasteiger partial charge in [-0.25, -0.2) is 10.8 Å². The first-order valence-corrected chi connectivity index (χ1v) is 7.18. The molecule has 0 aromatic carbocycles. The summed E-state index contributed by atoms with van der Waals surface area (Å²) in [5.41, 5.74) is 3.85. The standard InChI is InChI=1S/C12H18N4OS/c1-8-5-9(6-11(14-8)16-13)12(17)15-10-3-2-4-18-7-10/h5-6,10H,2-4,7,13H2,1H3,(H,14,16)(H,15,17). The van der Waals surface area contributed by atoms with Crippen molar-refractivity contribution in [3.63, 3.8) is 0 Å². The molecule has 1 aromatic heterocycles. The van der Waals surface area contributed by atoms with E-state index in [2.05, 4.69) is 15.7 Å². The Bertz CT molecular complexity index is 432. The molecule has 1 saturated heterocycles. The summed E-state index contributed by atoms with van der Waals surface area (Å²) in [4.78, 5) is 16.3. The second kappa shape index (κ2) is 6.06. The van der Waals surface area contributed by atoms with Gasteiger partial charge in [-0.1, -0.05) is 0 Å². The predicted octanol–water partition coefficient (Wildman–Crippen LogP) is 1.30. The lowest BCUT2D eigenvalue weighted by molar-refractivity contribution is 0.0938. The third-order valence-corrected chi connectivity index (χ3v) is 4.07. The molecular weight excluding hydrogens is 248 g/mol. The molecule has 2 rings (SSSR count). The Kier molecular flexibility index (Phi) is 4.43. The zero-order chi connectivity index (χ0) is 13.0. The van der Waals surface area contributed by atoms with Gasteiger partial charge in [-0.3, -0.25) is 4.79 Å². The highest BCUT2D eigenvalue weighted by molar-refractivity contribution is 7.99. The minimum Gasteiger partial charge on any atom is -0.348 e. The normalized spacial score (nSPS) is 19.3. The number of hydrogen-bond donors (Lipinski definition) is 3. The van der Waals surface area contributed by atoms with E-state index in [0.717, 1.165) is 17.9 Å². The number of aromatic nitrogens is 1. The van der Waals surface area contributed by atoms with Gasteiger partial charge in [-0.2, -0.15) is 11.8 Å². The smallest absolute Gasteiger partial charge is 0.251 e. The molecule has 6 heteroatoms. The number of rotatable bonds is 3. The van der Waals surface area contributed by atoms with Crippen LogP contribution in [0.15, 0.2) is 12.1 Å². The van der Waals surface area contributed by atoms with E-state index in [1.165, 1.54) is 12.2 Å². The average Bonchev–Trinajstić information content (AvgIpc) is 2.39. The molecule has 1 fully saturated rings. The molecule has 5 nitrogen and oxygen atoms in total. The zero-order valence-electron chi connectivity index (χ0n) is 10.4. The average molecular weight is 266 g/mol. The maximum atomic E-state index is 12.1. The van der Waals surface area contributed by atoms with Crippen molar-refractivity contribution in [2.45, 2.75) is 25.8 Å². The number of anilines is 1. The summed E-state index contributed by atoms with van der Waals surface area (Å²) in [5, 5.41) is 3.06. The Hall–Kier alpha value is -1.27. The van der Waals surface area contributed by atoms with Crippen LogP contribution in [0.2, 0.25) is 0 Å². The van der Waals surface area contributed by atoms with Crippen LogP contribution in [0.25, 0.3) is 0 Å². The van der Waals surface area contributed by atoms with Gasteiger partial charge in [0.2, 0.25) is 0 Å². The number of carbonyl (C=O) groups excluding carboxylic acids is 1. The van der Waals surface area contributed by atoms with Crippen LogP contribution in [0.5, 0.6) is 0 Å². The molecule has 4 N–H and O–H groups in total. The maximum Gasteiger partial charge on any atom is 0.251 e. The molecule has 98 valence electrons. The van der Waals surface area contributed by atoms with E-state index < -0.39 is 0 Å². The molecule has 0 aliphatic carbocycles. The Labute approximate surface area is 111 Å². The molecule has 0 radical (unpaired) electrons. The van der Waals surface area contributed by atoms with E-state index in [9.17, 15) is 4.79 Å². The van der Waals surface area contributed by atoms with Crippen molar-refractivity contribution in [1.29, 1.82) is 0 Å². The summed E-state index contributed by atoms with van der Waals surface area (Å²) in [6.45, 7) is 1.84. The van der Waals surface area contributed by atoms with Crippen LogP contribution in [-0.4, -0.2) is 28.4 Å². The van der Waals surface area contributed by atoms with Gasteiger partial charge in [-0.15, -0.1) is 0 Å². The lowest BCUT2D eigenvalue weighted by Crippen LogP contribution is -2.38. The Morgan fingerprint density at radius 3 is 3.06 bits per heavy atom. The molecule has 1 aliphatic rings. The topological polar surface area (TPSA) is 80.0 Å². The highest BCUT2D eigenvalue weighted by atomic mass is 32.2. The molecule has 1 aromatic rings. The number of carbonyl (C=O) groups is 1. The van der Waals surface area contributed by atoms with E-state index in [1.807, 2.05) is 18.7 Å². The summed E-state index contributed by atoms with van der Waals surface area (Å²) < 4.78 is 0. The van der Waals surface area contributed by atoms with Gasteiger partial charge in [0.15, 0.2) is 0 Å². The monoisotopic (exact) mass is 266 g/mol. The molecule has 18 heavy (non-hydrogen) atoms. The first kappa shape index (κ1) is 13.2. The molecule has 1 atom stereocenters. The van der Waals surface area contributed by atoms with Gasteiger partial charge in [0.1, 0.15) is 5.82 Å². The molecule has 0 saturated carbocycles. The molecular formula is C12H18N4OS. The molecule has 1 aliphatic heterocycles. The summed E-state index contributed by atoms with van der Waals surface area (Å²) in [7, 11) is 0. The summed E-state index contributed by atoms with van der Waals surface area (Å²) in [6.07, 6.45) is 2.23. The van der Waals surface area contributed by atoms with E-state index >= 15 is 0 Å². The lowest BCUT2D eigenvalue weighted by atomic mass is 10.1. The fourth-order valence-electron chi connectivity index (χ4n) is 2.00. The number of nitrogens with two attached hydrogens (primary N) is 1. The van der Waals surface area contributed by atoms with Crippen LogP contribution >= 0.6 is 11.8 Å². The minimum atomic E-state index is -0.0514. The van der Waals surface area contributed by atoms with Crippen molar-refractivity contribution in [2.24, 2.45) is 5.84 Å². The van der Waals surface area contributed by atoms with Crippen LogP contribution in [0, 0.1) is 6.92 Å². The SMILES string of the molecule is Cc1cc(C(=O)NC2CCCSC2)cc(NN)n1. The van der Waals surface area contributed by atoms with Crippen LogP contribution in [0.1, 0.15) is 28.9 Å². The van der Waals surface area contributed by atoms with Gasteiger partial charge >= 0.3 is 0 Å². The first-order chi connectivity index (χ1) is 8.69. The van der Waals surface area contributed by atoms with Crippen LogP contribution in [-0.2, 0) is 0 Å². The van der Waals surface area contributed by atoms with Gasteiger partial charge in [0.25, 0.3) is 5.91 Å². The second-order valence-electron chi connectivity index (χ2n) is 4.41. The molecule has 1 amide bonds. The fourth-order valence-corrected chi connectivity index (χ4v) is 3.07. The van der Waals surface area contributed by atoms with E-state index in [4.69, 9.17) is 5.84 Å². The number of aryl methyl sites for hydroxylation is 1. The molecule has 1 unspecified atom stereocenters. The van der Waals surface area contributed by atoms with Gasteiger partial charge in [0.05, 0.1) is 0 Å². The maximum absolute atomic E-state index is 12.1. The van der Waals surface area contributed by atoms with Crippen molar-refractivity contribution in [3.05, 3.63) is 23.4 Å². The van der Waals surface area contributed by atoms with Crippen molar-refractivity contribution in [1.82, 2.24) is 10.3 Å². The summed E-state index contributed by atoms with van der Waals surface area (Å²) in [6, 6.07) is 3.71. The van der Waals surface area contributed by atoms with Gasteiger partial charge in [-0.05, 0) is 37.7 Å². The number of pyridine rings is 1. The van der Waals surface area contributed by atoms with Gasteiger partial charge in [0, 0.05) is 23.1 Å². The summed E-state index contributed by atoms with van der Waals surface area (Å²) in [5.74, 6) is 7.98. The quantitative estimate of drug-likeness (QED) is 0.567. The van der Waals surface area contributed by atoms with Gasteiger partial charge < -0.3 is 10.7 Å². The van der Waals surface area contributed by atoms with E-state index in [1.54, 1.807) is 12.1 Å². The minimum absolute atomic E-state index is 0.0514. The number of hydrazine groups is 1. The zero-order valence-corrected chi connectivity index (χ0v) is 11.2. The number of nitrogen functional groups attached to an aromatic ring is 1. The van der Waals surface area contributed by atoms with E-state index in [-0.39, 0.29) is 11.9 Å². The predicted molar refractivity (Wildman–Crippen MR) is 74.6 cm³/mol. The van der Waals surface area contributed by atoms with E-state index in [0.29, 0.717) is 11.4 Å². The number of hydrogen-bond acceptors (Lipinski definition) is 5. The number of thioether (sulfide) groups is 1. The van der Waals surface area contributed by atoms with Crippen molar-refractivity contribution in [2.75, 3.05) is 16.9 Å². The number of nitrogens with zero attached hydrogens (tertiary/aromatic N) is 1. The number of amides is 1. The molecule has 2 heterocycles. The largest absolute Gasteiger partial charge is 0.348 e.